The molecule has 0 amide bonds. The Hall–Kier alpha value is -0.513. The van der Waals surface area contributed by atoms with Crippen molar-refractivity contribution >= 4 is 14.8 Å². The first-order valence-electron chi connectivity index (χ1n) is 12.2. The second-order valence-corrected chi connectivity index (χ2v) is 11.8. The summed E-state index contributed by atoms with van der Waals surface area (Å²) >= 11 is 0. The average molecular weight is 411 g/mol. The molecule has 0 aromatic carbocycles. The summed E-state index contributed by atoms with van der Waals surface area (Å²) in [7, 11) is 6.15. The lowest BCUT2D eigenvalue weighted by Gasteiger charge is -2.27. The van der Waals surface area contributed by atoms with Gasteiger partial charge in [0, 0.05) is 33.9 Å². The number of guanidine groups is 1. The molecule has 0 atom stereocenters. The highest BCUT2D eigenvalue weighted by atomic mass is 28.3. The molecule has 0 rings (SSSR count). The van der Waals surface area contributed by atoms with Crippen molar-refractivity contribution in [3.8, 4) is 0 Å². The first-order chi connectivity index (χ1) is 13.5. The van der Waals surface area contributed by atoms with Crippen LogP contribution >= 0.6 is 0 Å². The van der Waals surface area contributed by atoms with E-state index < -0.39 is 0 Å². The molecule has 0 aliphatic heterocycles. The molecular weight excluding hydrogens is 358 g/mol. The number of hydrogen-bond acceptors (Lipinski definition) is 1. The van der Waals surface area contributed by atoms with Crippen molar-refractivity contribution < 1.29 is 0 Å². The van der Waals surface area contributed by atoms with Gasteiger partial charge >= 0.3 is 0 Å². The van der Waals surface area contributed by atoms with Gasteiger partial charge in [-0.05, 0) is 6.42 Å². The Bertz CT molecular complexity index is 356. The third kappa shape index (κ3) is 17.6. The number of unbranched alkanes of at least 4 members (excludes halogenated alkanes) is 14. The van der Waals surface area contributed by atoms with E-state index in [0.717, 1.165) is 12.5 Å². The van der Waals surface area contributed by atoms with Crippen molar-refractivity contribution in [3.63, 3.8) is 0 Å². The standard InChI is InChI=1S/C24H52N3Si/c1-7-8-9-10-11-12-13-14-15-16-17-18-19-20-21-22-25-24(26(2)3)27(4)23-28(5)6/h7-23H2,1-6H3. The number of rotatable bonds is 18. The van der Waals surface area contributed by atoms with Crippen molar-refractivity contribution in [2.45, 2.75) is 116 Å². The summed E-state index contributed by atoms with van der Waals surface area (Å²) in [6.45, 7) is 8.00. The lowest BCUT2D eigenvalue weighted by atomic mass is 10.0. The zero-order valence-corrected chi connectivity index (χ0v) is 21.4. The van der Waals surface area contributed by atoms with E-state index >= 15 is 0 Å². The van der Waals surface area contributed by atoms with Gasteiger partial charge in [-0.2, -0.15) is 0 Å². The van der Waals surface area contributed by atoms with Gasteiger partial charge in [0.2, 0.25) is 0 Å². The van der Waals surface area contributed by atoms with E-state index in [2.05, 4.69) is 51.0 Å². The minimum absolute atomic E-state index is 0.253. The molecule has 0 heterocycles. The quantitative estimate of drug-likeness (QED) is 0.105. The molecule has 167 valence electrons. The molecule has 0 aromatic heterocycles. The molecule has 0 fully saturated rings. The molecule has 28 heavy (non-hydrogen) atoms. The lowest BCUT2D eigenvalue weighted by Crippen LogP contribution is -2.42. The average Bonchev–Trinajstić information content (AvgIpc) is 2.63. The zero-order chi connectivity index (χ0) is 21.0. The first-order valence-corrected chi connectivity index (χ1v) is 14.9. The third-order valence-corrected chi connectivity index (χ3v) is 6.42. The Morgan fingerprint density at radius 2 is 1.04 bits per heavy atom. The smallest absolute Gasteiger partial charge is 0.195 e. The fraction of sp³-hybridized carbons (Fsp3) is 0.958. The fourth-order valence-electron chi connectivity index (χ4n) is 3.81. The Balaban J connectivity index is 3.51. The van der Waals surface area contributed by atoms with E-state index in [-0.39, 0.29) is 8.80 Å². The normalized spacial score (nSPS) is 12.0. The second-order valence-electron chi connectivity index (χ2n) is 9.09. The molecule has 0 N–H and O–H groups in total. The molecule has 0 saturated carbocycles. The maximum atomic E-state index is 4.86. The van der Waals surface area contributed by atoms with Gasteiger partial charge in [-0.15, -0.1) is 0 Å². The summed E-state index contributed by atoms with van der Waals surface area (Å²) in [5.74, 6) is 1.15. The molecule has 0 bridgehead atoms. The molecule has 3 nitrogen and oxygen atoms in total. The Labute approximate surface area is 180 Å². The Kier molecular flexibility index (Phi) is 19.4. The van der Waals surface area contributed by atoms with Crippen LogP contribution in [0.15, 0.2) is 4.99 Å². The van der Waals surface area contributed by atoms with E-state index in [0.29, 0.717) is 0 Å². The lowest BCUT2D eigenvalue weighted by molar-refractivity contribution is 0.461. The molecule has 0 aromatic rings. The Morgan fingerprint density at radius 1 is 0.643 bits per heavy atom. The zero-order valence-electron chi connectivity index (χ0n) is 20.4. The van der Waals surface area contributed by atoms with Gasteiger partial charge in [0.1, 0.15) is 0 Å². The number of aliphatic imine (C=N–C) groups is 1. The molecule has 0 unspecified atom stereocenters. The third-order valence-electron chi connectivity index (χ3n) is 5.31. The van der Waals surface area contributed by atoms with Gasteiger partial charge in [0.05, 0.1) is 8.80 Å². The van der Waals surface area contributed by atoms with Gasteiger partial charge in [-0.3, -0.25) is 4.99 Å². The summed E-state index contributed by atoms with van der Waals surface area (Å²) in [6, 6.07) is 0. The van der Waals surface area contributed by atoms with Crippen LogP contribution in [0.25, 0.3) is 0 Å². The van der Waals surface area contributed by atoms with Crippen molar-refractivity contribution in [1.29, 1.82) is 0 Å². The van der Waals surface area contributed by atoms with Crippen molar-refractivity contribution in [2.75, 3.05) is 33.9 Å². The summed E-state index contributed by atoms with van der Waals surface area (Å²) in [5.41, 5.74) is 0. The fourth-order valence-corrected chi connectivity index (χ4v) is 4.90. The van der Waals surface area contributed by atoms with Crippen LogP contribution in [-0.4, -0.2) is 58.4 Å². The molecule has 0 spiro atoms. The maximum absolute atomic E-state index is 4.86. The van der Waals surface area contributed by atoms with Gasteiger partial charge in [0.25, 0.3) is 0 Å². The van der Waals surface area contributed by atoms with Gasteiger partial charge in [-0.25, -0.2) is 0 Å². The maximum Gasteiger partial charge on any atom is 0.195 e. The predicted molar refractivity (Wildman–Crippen MR) is 131 cm³/mol. The van der Waals surface area contributed by atoms with E-state index in [4.69, 9.17) is 4.99 Å². The van der Waals surface area contributed by atoms with Crippen molar-refractivity contribution in [2.24, 2.45) is 4.99 Å². The van der Waals surface area contributed by atoms with Gasteiger partial charge in [0.15, 0.2) is 5.96 Å². The molecule has 0 aliphatic carbocycles. The molecule has 1 radical (unpaired) electrons. The van der Waals surface area contributed by atoms with Crippen LogP contribution in [-0.2, 0) is 0 Å². The van der Waals surface area contributed by atoms with Crippen LogP contribution in [0.3, 0.4) is 0 Å². The number of hydrogen-bond donors (Lipinski definition) is 0. The topological polar surface area (TPSA) is 18.8 Å². The van der Waals surface area contributed by atoms with Gasteiger partial charge < -0.3 is 9.80 Å². The van der Waals surface area contributed by atoms with Crippen molar-refractivity contribution in [3.05, 3.63) is 0 Å². The minimum Gasteiger partial charge on any atom is -0.349 e. The highest BCUT2D eigenvalue weighted by Crippen LogP contribution is 2.13. The van der Waals surface area contributed by atoms with E-state index in [9.17, 15) is 0 Å². The minimum atomic E-state index is -0.253. The highest BCUT2D eigenvalue weighted by molar-refractivity contribution is 6.56. The van der Waals surface area contributed by atoms with E-state index in [1.165, 1.54) is 102 Å². The summed E-state index contributed by atoms with van der Waals surface area (Å²) < 4.78 is 0. The van der Waals surface area contributed by atoms with E-state index in [1.807, 2.05) is 0 Å². The summed E-state index contributed by atoms with van der Waals surface area (Å²) in [4.78, 5) is 9.36. The Morgan fingerprint density at radius 3 is 1.39 bits per heavy atom. The highest BCUT2D eigenvalue weighted by Gasteiger charge is 2.10. The van der Waals surface area contributed by atoms with Crippen LogP contribution in [0, 0.1) is 0 Å². The molecule has 4 heteroatoms. The largest absolute Gasteiger partial charge is 0.349 e. The van der Waals surface area contributed by atoms with Crippen LogP contribution < -0.4 is 0 Å². The molecule has 0 aliphatic rings. The van der Waals surface area contributed by atoms with Crippen LogP contribution in [0.5, 0.6) is 0 Å². The number of nitrogens with zero attached hydrogens (tertiary/aromatic N) is 3. The molecule has 0 saturated heterocycles. The summed E-state index contributed by atoms with van der Waals surface area (Å²) in [5, 5.41) is 0. The SMILES string of the molecule is CCCCCCCCCCCCCCCCCN=C(N(C)C)N(C)C[Si](C)C. The van der Waals surface area contributed by atoms with Crippen LogP contribution in [0.2, 0.25) is 13.1 Å². The van der Waals surface area contributed by atoms with E-state index in [1.54, 1.807) is 0 Å². The van der Waals surface area contributed by atoms with Crippen molar-refractivity contribution in [1.82, 2.24) is 9.80 Å². The van der Waals surface area contributed by atoms with Crippen LogP contribution in [0.4, 0.5) is 0 Å². The predicted octanol–water partition coefficient (Wildman–Crippen LogP) is 7.00. The first kappa shape index (κ1) is 27.5. The summed E-state index contributed by atoms with van der Waals surface area (Å²) in [6.07, 6.45) is 22.4. The van der Waals surface area contributed by atoms with Gasteiger partial charge in [-0.1, -0.05) is 110 Å². The monoisotopic (exact) mass is 410 g/mol. The van der Waals surface area contributed by atoms with Crippen LogP contribution in [0.1, 0.15) is 103 Å². The molecular formula is C24H52N3Si. The second kappa shape index (κ2) is 19.8.